The van der Waals surface area contributed by atoms with Crippen molar-refractivity contribution < 1.29 is 0 Å². The Bertz CT molecular complexity index is 243. The molecule has 2 rings (SSSR count). The second kappa shape index (κ2) is 2.51. The maximum Gasteiger partial charge on any atom is 0.0273 e. The lowest BCUT2D eigenvalue weighted by atomic mass is 10.1. The van der Waals surface area contributed by atoms with Crippen LogP contribution in [0.25, 0.3) is 0 Å². The molecule has 1 atom stereocenters. The quantitative estimate of drug-likeness (QED) is 0.509. The number of fused-ring (bicyclic) bond motifs is 1. The summed E-state index contributed by atoms with van der Waals surface area (Å²) in [6.45, 7) is 0. The Balaban J connectivity index is 2.35. The molecule has 0 fully saturated rings. The molecule has 0 aromatic heterocycles. The maximum absolute atomic E-state index is 2.22. The van der Waals surface area contributed by atoms with Gasteiger partial charge in [0.25, 0.3) is 0 Å². The van der Waals surface area contributed by atoms with Gasteiger partial charge in [-0.25, -0.2) is 0 Å². The number of thioether (sulfide) groups is 1. The van der Waals surface area contributed by atoms with Crippen LogP contribution in [0.3, 0.4) is 0 Å². The van der Waals surface area contributed by atoms with Crippen LogP contribution in [0.5, 0.6) is 0 Å². The van der Waals surface area contributed by atoms with Gasteiger partial charge in [0.05, 0.1) is 0 Å². The Hall–Kier alpha value is -0.690. The van der Waals surface area contributed by atoms with Gasteiger partial charge in [-0.1, -0.05) is 36.5 Å². The predicted octanol–water partition coefficient (Wildman–Crippen LogP) is 2.87. The van der Waals surface area contributed by atoms with Crippen molar-refractivity contribution in [2.75, 3.05) is 0 Å². The fraction of sp³-hybridized carbons (Fsp3) is 0.111. The van der Waals surface area contributed by atoms with Crippen molar-refractivity contribution in [1.29, 1.82) is 0 Å². The van der Waals surface area contributed by atoms with Crippen molar-refractivity contribution in [3.63, 3.8) is 0 Å². The Morgan fingerprint density at radius 1 is 1.10 bits per heavy atom. The summed E-state index contributed by atoms with van der Waals surface area (Å²) >= 11 is 1.82. The number of hydrogen-bond acceptors (Lipinski definition) is 1. The van der Waals surface area contributed by atoms with Crippen LogP contribution in [0.1, 0.15) is 0 Å². The molecular weight excluding hydrogens is 140 g/mol. The molecule has 1 heteroatoms. The highest BCUT2D eigenvalue weighted by atomic mass is 32.2. The SMILES string of the molecule is C1=CC=C2SC=CC2C=C1. The summed E-state index contributed by atoms with van der Waals surface area (Å²) in [6.07, 6.45) is 12.9. The average Bonchev–Trinajstić information content (AvgIpc) is 2.28. The van der Waals surface area contributed by atoms with Gasteiger partial charge in [0.15, 0.2) is 0 Å². The van der Waals surface area contributed by atoms with Crippen molar-refractivity contribution >= 4 is 11.8 Å². The molecule has 0 spiro atoms. The van der Waals surface area contributed by atoms with E-state index in [4.69, 9.17) is 0 Å². The van der Waals surface area contributed by atoms with Gasteiger partial charge in [-0.3, -0.25) is 0 Å². The van der Waals surface area contributed by atoms with E-state index in [9.17, 15) is 0 Å². The third kappa shape index (κ3) is 0.971. The van der Waals surface area contributed by atoms with Gasteiger partial charge in [-0.05, 0) is 10.3 Å². The van der Waals surface area contributed by atoms with E-state index in [1.807, 2.05) is 11.8 Å². The minimum Gasteiger partial charge on any atom is -0.102 e. The topological polar surface area (TPSA) is 0 Å². The van der Waals surface area contributed by atoms with Crippen LogP contribution < -0.4 is 0 Å². The molecule has 1 aliphatic carbocycles. The summed E-state index contributed by atoms with van der Waals surface area (Å²) < 4.78 is 0. The van der Waals surface area contributed by atoms with Crippen LogP contribution in [0.15, 0.2) is 46.8 Å². The summed E-state index contributed by atoms with van der Waals surface area (Å²) in [4.78, 5) is 1.44. The zero-order valence-electron chi connectivity index (χ0n) is 5.53. The van der Waals surface area contributed by atoms with Crippen molar-refractivity contribution in [1.82, 2.24) is 0 Å². The fourth-order valence-corrected chi connectivity index (χ4v) is 1.96. The lowest BCUT2D eigenvalue weighted by Gasteiger charge is -2.00. The first-order chi connectivity index (χ1) is 4.97. The molecule has 0 saturated carbocycles. The Morgan fingerprint density at radius 2 is 2.10 bits per heavy atom. The molecule has 0 aromatic carbocycles. The second-order valence-corrected chi connectivity index (χ2v) is 3.29. The normalized spacial score (nSPS) is 28.0. The molecule has 1 unspecified atom stereocenters. The molecular formula is C9H8S. The maximum atomic E-state index is 2.22. The lowest BCUT2D eigenvalue weighted by Crippen LogP contribution is -1.85. The highest BCUT2D eigenvalue weighted by Gasteiger charge is 2.12. The van der Waals surface area contributed by atoms with E-state index >= 15 is 0 Å². The molecule has 0 amide bonds. The third-order valence-corrected chi connectivity index (χ3v) is 2.59. The Kier molecular flexibility index (Phi) is 1.52. The Labute approximate surface area is 65.0 Å². The standard InChI is InChI=1S/C9H8S/c1-2-4-8-6-7-10-9(8)5-3-1/h1-8H. The average molecular weight is 148 g/mol. The van der Waals surface area contributed by atoms with Gasteiger partial charge >= 0.3 is 0 Å². The number of hydrogen-bond donors (Lipinski definition) is 0. The molecule has 1 heterocycles. The molecule has 0 aromatic rings. The zero-order chi connectivity index (χ0) is 6.81. The van der Waals surface area contributed by atoms with E-state index in [0.29, 0.717) is 5.92 Å². The van der Waals surface area contributed by atoms with Gasteiger partial charge in [0.1, 0.15) is 0 Å². The first kappa shape index (κ1) is 6.05. The van der Waals surface area contributed by atoms with Crippen LogP contribution in [0.2, 0.25) is 0 Å². The second-order valence-electron chi connectivity index (χ2n) is 2.31. The van der Waals surface area contributed by atoms with Crippen molar-refractivity contribution in [2.45, 2.75) is 0 Å². The smallest absolute Gasteiger partial charge is 0.0273 e. The van der Waals surface area contributed by atoms with Crippen LogP contribution in [0, 0.1) is 5.92 Å². The highest BCUT2D eigenvalue weighted by molar-refractivity contribution is 8.06. The van der Waals surface area contributed by atoms with Gasteiger partial charge in [-0.2, -0.15) is 0 Å². The van der Waals surface area contributed by atoms with Gasteiger partial charge in [-0.15, -0.1) is 11.8 Å². The third-order valence-electron chi connectivity index (χ3n) is 1.62. The van der Waals surface area contributed by atoms with E-state index < -0.39 is 0 Å². The number of allylic oxidation sites excluding steroid dienone is 7. The van der Waals surface area contributed by atoms with E-state index in [-0.39, 0.29) is 0 Å². The minimum absolute atomic E-state index is 0.556. The molecule has 0 N–H and O–H groups in total. The monoisotopic (exact) mass is 148 g/mol. The highest BCUT2D eigenvalue weighted by Crippen LogP contribution is 2.35. The Morgan fingerprint density at radius 3 is 3.10 bits per heavy atom. The summed E-state index contributed by atoms with van der Waals surface area (Å²) in [5.74, 6) is 0.556. The molecule has 10 heavy (non-hydrogen) atoms. The first-order valence-electron chi connectivity index (χ1n) is 3.35. The summed E-state index contributed by atoms with van der Waals surface area (Å²) in [5, 5.41) is 2.15. The van der Waals surface area contributed by atoms with E-state index in [1.54, 1.807) is 0 Å². The summed E-state index contributed by atoms with van der Waals surface area (Å²) in [5.41, 5.74) is 0. The lowest BCUT2D eigenvalue weighted by molar-refractivity contribution is 1.07. The van der Waals surface area contributed by atoms with Gasteiger partial charge in [0.2, 0.25) is 0 Å². The molecule has 0 bridgehead atoms. The minimum atomic E-state index is 0.556. The van der Waals surface area contributed by atoms with Crippen molar-refractivity contribution in [3.05, 3.63) is 46.8 Å². The van der Waals surface area contributed by atoms with Gasteiger partial charge in [0, 0.05) is 5.92 Å². The van der Waals surface area contributed by atoms with E-state index in [2.05, 4.69) is 41.9 Å². The van der Waals surface area contributed by atoms with Gasteiger partial charge < -0.3 is 0 Å². The molecule has 50 valence electrons. The van der Waals surface area contributed by atoms with E-state index in [0.717, 1.165) is 0 Å². The van der Waals surface area contributed by atoms with Crippen LogP contribution in [-0.2, 0) is 0 Å². The molecule has 0 radical (unpaired) electrons. The fourth-order valence-electron chi connectivity index (χ4n) is 1.08. The summed E-state index contributed by atoms with van der Waals surface area (Å²) in [7, 11) is 0. The van der Waals surface area contributed by atoms with Crippen LogP contribution in [0.4, 0.5) is 0 Å². The predicted molar refractivity (Wildman–Crippen MR) is 46.6 cm³/mol. The van der Waals surface area contributed by atoms with Crippen molar-refractivity contribution in [3.8, 4) is 0 Å². The van der Waals surface area contributed by atoms with Crippen molar-refractivity contribution in [2.24, 2.45) is 5.92 Å². The van der Waals surface area contributed by atoms with E-state index in [1.165, 1.54) is 4.91 Å². The first-order valence-corrected chi connectivity index (χ1v) is 4.23. The van der Waals surface area contributed by atoms with Crippen LogP contribution in [-0.4, -0.2) is 0 Å². The zero-order valence-corrected chi connectivity index (χ0v) is 6.34. The molecule has 0 nitrogen and oxygen atoms in total. The largest absolute Gasteiger partial charge is 0.102 e. The molecule has 1 aliphatic heterocycles. The molecule has 2 aliphatic rings. The van der Waals surface area contributed by atoms with Crippen LogP contribution >= 0.6 is 11.8 Å². The summed E-state index contributed by atoms with van der Waals surface area (Å²) in [6, 6.07) is 0. The molecule has 0 saturated heterocycles. The number of rotatable bonds is 0.